The Morgan fingerprint density at radius 2 is 1.68 bits per heavy atom. The molecule has 0 radical (unpaired) electrons. The van der Waals surface area contributed by atoms with E-state index in [2.05, 4.69) is 0 Å². The maximum atomic E-state index is 14.4. The van der Waals surface area contributed by atoms with E-state index in [4.69, 9.17) is 15.2 Å². The quantitative estimate of drug-likeness (QED) is 0.325. The zero-order chi connectivity index (χ0) is 34.3. The summed E-state index contributed by atoms with van der Waals surface area (Å²) in [5, 5.41) is 1.83. The largest absolute Gasteiger partial charge is 0.497 e. The molecule has 3 unspecified atom stereocenters. The van der Waals surface area contributed by atoms with Crippen molar-refractivity contribution < 1.29 is 46.6 Å². The van der Waals surface area contributed by atoms with E-state index in [-0.39, 0.29) is 56.6 Å². The Kier molecular flexibility index (Phi) is 9.76. The molecule has 2 aliphatic heterocycles. The van der Waals surface area contributed by atoms with Gasteiger partial charge in [0.2, 0.25) is 23.6 Å². The zero-order valence-corrected chi connectivity index (χ0v) is 26.8. The number of likely N-dealkylation sites (N-methyl/N-ethyl adjacent to an activating group) is 1. The van der Waals surface area contributed by atoms with E-state index in [1.165, 1.54) is 19.1 Å². The van der Waals surface area contributed by atoms with Crippen molar-refractivity contribution in [2.45, 2.75) is 81.9 Å². The summed E-state index contributed by atoms with van der Waals surface area (Å²) < 4.78 is 50.4. The van der Waals surface area contributed by atoms with Crippen molar-refractivity contribution in [1.82, 2.24) is 20.0 Å². The summed E-state index contributed by atoms with van der Waals surface area (Å²) in [6, 6.07) is 3.41. The van der Waals surface area contributed by atoms with Crippen LogP contribution in [0.1, 0.15) is 50.5 Å². The number of ether oxygens (including phenoxy) is 2. The summed E-state index contributed by atoms with van der Waals surface area (Å²) in [5.74, 6) is -4.07. The standard InChI is InChI=1S/C32H42F3N5O7/c1-38(27(42)22(12-18-4-5-18)37-29(44)32(33,34)35)23(13-19-6-7-19)28(43)40-17-31(14-24(40)26(36)41)25(47-3)16-39(30(31)45)15-20-8-10-21(46-2)11-9-20/h8-11,18-19,22-25H,4-7,12-17H2,1-3H3,(H2,36,41)(H,37,44)/t22?,23?,24-,25?,31-/m0/s1. The fraction of sp³-hybridized carbons (Fsp3) is 0.656. The summed E-state index contributed by atoms with van der Waals surface area (Å²) >= 11 is 0. The molecular formula is C32H42F3N5O7. The van der Waals surface area contributed by atoms with Crippen LogP contribution in [0.2, 0.25) is 0 Å². The van der Waals surface area contributed by atoms with Crippen LogP contribution >= 0.6 is 0 Å². The molecule has 2 saturated heterocycles. The maximum absolute atomic E-state index is 14.4. The fourth-order valence-corrected chi connectivity index (χ4v) is 6.94. The van der Waals surface area contributed by atoms with Gasteiger partial charge in [0.1, 0.15) is 23.9 Å². The van der Waals surface area contributed by atoms with Gasteiger partial charge in [-0.3, -0.25) is 24.0 Å². The molecule has 2 aliphatic carbocycles. The third-order valence-corrected chi connectivity index (χ3v) is 10.0. The Labute approximate surface area is 271 Å². The molecule has 5 atom stereocenters. The van der Waals surface area contributed by atoms with Gasteiger partial charge in [-0.2, -0.15) is 13.2 Å². The number of methoxy groups -OCH3 is 2. The second-order valence-corrected chi connectivity index (χ2v) is 13.3. The number of halogens is 3. The van der Waals surface area contributed by atoms with Gasteiger partial charge in [-0.15, -0.1) is 0 Å². The van der Waals surface area contributed by atoms with Crippen molar-refractivity contribution in [3.8, 4) is 5.75 Å². The van der Waals surface area contributed by atoms with E-state index < -0.39 is 59.4 Å². The van der Waals surface area contributed by atoms with E-state index in [1.807, 2.05) is 17.4 Å². The number of hydrogen-bond donors (Lipinski definition) is 2. The van der Waals surface area contributed by atoms with Crippen LogP contribution in [0.4, 0.5) is 13.2 Å². The number of nitrogens with two attached hydrogens (primary N) is 1. The van der Waals surface area contributed by atoms with Crippen molar-refractivity contribution in [2.24, 2.45) is 23.0 Å². The summed E-state index contributed by atoms with van der Waals surface area (Å²) in [6.07, 6.45) is -2.66. The molecule has 258 valence electrons. The number of alkyl halides is 3. The second kappa shape index (κ2) is 13.3. The monoisotopic (exact) mass is 665 g/mol. The van der Waals surface area contributed by atoms with Gasteiger partial charge in [0.15, 0.2) is 0 Å². The SMILES string of the molecule is COc1ccc(CN2CC(OC)[C@@]3(C[C@@H](C(N)=O)N(C(=O)C(CC4CC4)N(C)C(=O)C(CC4CC4)NC(=O)C(F)(F)F)C3)C2=O)cc1. The van der Waals surface area contributed by atoms with Crippen LogP contribution < -0.4 is 15.8 Å². The van der Waals surface area contributed by atoms with Crippen LogP contribution in [0.5, 0.6) is 5.75 Å². The van der Waals surface area contributed by atoms with Crippen LogP contribution in [0.25, 0.3) is 0 Å². The fourth-order valence-electron chi connectivity index (χ4n) is 6.94. The molecule has 5 rings (SSSR count). The van der Waals surface area contributed by atoms with Crippen molar-refractivity contribution in [3.05, 3.63) is 29.8 Å². The first-order valence-electron chi connectivity index (χ1n) is 15.9. The highest BCUT2D eigenvalue weighted by Crippen LogP contribution is 2.46. The number of benzene rings is 1. The minimum Gasteiger partial charge on any atom is -0.497 e. The van der Waals surface area contributed by atoms with Crippen molar-refractivity contribution in [2.75, 3.05) is 34.4 Å². The number of nitrogens with one attached hydrogen (secondary N) is 1. The lowest BCUT2D eigenvalue weighted by atomic mass is 9.81. The Bertz CT molecular complexity index is 1380. The maximum Gasteiger partial charge on any atom is 0.471 e. The molecule has 47 heavy (non-hydrogen) atoms. The Morgan fingerprint density at radius 3 is 2.21 bits per heavy atom. The summed E-state index contributed by atoms with van der Waals surface area (Å²) in [7, 11) is 4.33. The van der Waals surface area contributed by atoms with Crippen LogP contribution in [-0.4, -0.2) is 109 Å². The lowest BCUT2D eigenvalue weighted by molar-refractivity contribution is -0.175. The molecule has 4 aliphatic rings. The Morgan fingerprint density at radius 1 is 1.06 bits per heavy atom. The van der Waals surface area contributed by atoms with E-state index in [0.717, 1.165) is 36.1 Å². The molecule has 3 N–H and O–H groups in total. The summed E-state index contributed by atoms with van der Waals surface area (Å²) in [5.41, 5.74) is 5.37. The molecule has 1 spiro atoms. The van der Waals surface area contributed by atoms with Crippen LogP contribution in [0, 0.1) is 17.3 Å². The molecule has 4 fully saturated rings. The normalized spacial score (nSPS) is 25.5. The number of carbonyl (C=O) groups excluding carboxylic acids is 5. The van der Waals surface area contributed by atoms with Gasteiger partial charge in [-0.1, -0.05) is 37.8 Å². The third-order valence-electron chi connectivity index (χ3n) is 10.0. The lowest BCUT2D eigenvalue weighted by Crippen LogP contribution is -2.58. The highest BCUT2D eigenvalue weighted by Gasteiger charge is 2.62. The number of nitrogens with zero attached hydrogens (tertiary/aromatic N) is 3. The van der Waals surface area contributed by atoms with Crippen molar-refractivity contribution >= 4 is 29.5 Å². The number of likely N-dealkylation sites (tertiary alicyclic amines) is 2. The second-order valence-electron chi connectivity index (χ2n) is 13.3. The molecule has 1 aromatic rings. The van der Waals surface area contributed by atoms with Crippen LogP contribution in [0.3, 0.4) is 0 Å². The van der Waals surface area contributed by atoms with Gasteiger partial charge in [-0.25, -0.2) is 0 Å². The average molecular weight is 666 g/mol. The Balaban J connectivity index is 1.39. The van der Waals surface area contributed by atoms with E-state index in [0.29, 0.717) is 5.75 Å². The van der Waals surface area contributed by atoms with E-state index >= 15 is 0 Å². The Hall–Kier alpha value is -3.88. The molecule has 2 saturated carbocycles. The molecule has 0 aromatic heterocycles. The molecule has 0 bridgehead atoms. The molecule has 15 heteroatoms. The van der Waals surface area contributed by atoms with Crippen LogP contribution in [-0.2, 0) is 35.3 Å². The van der Waals surface area contributed by atoms with Crippen molar-refractivity contribution in [3.63, 3.8) is 0 Å². The van der Waals surface area contributed by atoms with Gasteiger partial charge in [0, 0.05) is 33.8 Å². The number of rotatable bonds is 13. The summed E-state index contributed by atoms with van der Waals surface area (Å²) in [4.78, 5) is 70.7. The number of carbonyl (C=O) groups is 5. The zero-order valence-electron chi connectivity index (χ0n) is 26.8. The first kappa shape index (κ1) is 34.5. The van der Waals surface area contributed by atoms with E-state index in [9.17, 15) is 37.1 Å². The molecular weight excluding hydrogens is 623 g/mol. The van der Waals surface area contributed by atoms with Gasteiger partial charge < -0.3 is 35.2 Å². The molecule has 1 aromatic carbocycles. The predicted molar refractivity (Wildman–Crippen MR) is 160 cm³/mol. The highest BCUT2D eigenvalue weighted by atomic mass is 19.4. The van der Waals surface area contributed by atoms with Gasteiger partial charge in [0.25, 0.3) is 0 Å². The first-order chi connectivity index (χ1) is 22.2. The molecule has 5 amide bonds. The number of hydrogen-bond acceptors (Lipinski definition) is 7. The first-order valence-corrected chi connectivity index (χ1v) is 15.9. The smallest absolute Gasteiger partial charge is 0.471 e. The summed E-state index contributed by atoms with van der Waals surface area (Å²) in [6.45, 7) is 0.281. The topological polar surface area (TPSA) is 152 Å². The lowest BCUT2D eigenvalue weighted by Gasteiger charge is -2.35. The molecule has 2 heterocycles. The highest BCUT2D eigenvalue weighted by molar-refractivity contribution is 5.97. The molecule has 12 nitrogen and oxygen atoms in total. The number of amides is 5. The van der Waals surface area contributed by atoms with E-state index in [1.54, 1.807) is 24.1 Å². The predicted octanol–water partition coefficient (Wildman–Crippen LogP) is 1.60. The van der Waals surface area contributed by atoms with Gasteiger partial charge in [-0.05, 0) is 48.8 Å². The minimum atomic E-state index is -5.19. The average Bonchev–Trinajstić information content (AvgIpc) is 3.97. The minimum absolute atomic E-state index is 0.0126. The number of primary amides is 1. The third kappa shape index (κ3) is 7.34. The van der Waals surface area contributed by atoms with Gasteiger partial charge in [0.05, 0.1) is 18.6 Å². The van der Waals surface area contributed by atoms with Crippen molar-refractivity contribution in [1.29, 1.82) is 0 Å². The van der Waals surface area contributed by atoms with Crippen LogP contribution in [0.15, 0.2) is 24.3 Å². The van der Waals surface area contributed by atoms with Gasteiger partial charge >= 0.3 is 12.1 Å².